The summed E-state index contributed by atoms with van der Waals surface area (Å²) >= 11 is 0. The lowest BCUT2D eigenvalue weighted by atomic mass is 9.60. The van der Waals surface area contributed by atoms with Gasteiger partial charge in [0.25, 0.3) is 0 Å². The van der Waals surface area contributed by atoms with Gasteiger partial charge in [0, 0.05) is 10.9 Å². The first-order valence-corrected chi connectivity index (χ1v) is 11.6. The highest BCUT2D eigenvalue weighted by Gasteiger charge is 2.46. The van der Waals surface area contributed by atoms with Crippen molar-refractivity contribution in [2.75, 3.05) is 14.2 Å². The lowest BCUT2D eigenvalue weighted by Crippen LogP contribution is -2.34. The van der Waals surface area contributed by atoms with Crippen molar-refractivity contribution in [3.05, 3.63) is 108 Å². The average Bonchev–Trinajstić information content (AvgIpc) is 3.56. The van der Waals surface area contributed by atoms with Gasteiger partial charge >= 0.3 is 14.2 Å². The fourth-order valence-corrected chi connectivity index (χ4v) is 4.41. The van der Waals surface area contributed by atoms with Crippen molar-refractivity contribution in [1.29, 1.82) is 0 Å². The van der Waals surface area contributed by atoms with Gasteiger partial charge in [-0.05, 0) is 59.7 Å². The van der Waals surface area contributed by atoms with E-state index in [0.717, 1.165) is 33.6 Å². The van der Waals surface area contributed by atoms with Gasteiger partial charge in [0.05, 0.1) is 14.2 Å². The van der Waals surface area contributed by atoms with Crippen molar-refractivity contribution in [2.24, 2.45) is 0 Å². The summed E-state index contributed by atoms with van der Waals surface area (Å²) in [6, 6.07) is 30.8. The van der Waals surface area contributed by atoms with E-state index in [1.807, 2.05) is 97.1 Å². The van der Waals surface area contributed by atoms with E-state index in [-0.39, 0.29) is 0 Å². The molecular formula is C28H22B2O6. The van der Waals surface area contributed by atoms with Gasteiger partial charge in [-0.1, -0.05) is 48.5 Å². The second-order valence-corrected chi connectivity index (χ2v) is 8.31. The van der Waals surface area contributed by atoms with Crippen molar-refractivity contribution >= 4 is 25.2 Å². The third-order valence-electron chi connectivity index (χ3n) is 6.20. The SMILES string of the molecule is COc1ccc(/C(B2Oc3ccccc3O2)=C(/B2Oc3ccccc3O2)c2ccc(OC)cc2)cc1. The molecule has 6 rings (SSSR count). The molecule has 0 saturated carbocycles. The van der Waals surface area contributed by atoms with Gasteiger partial charge in [0.2, 0.25) is 0 Å². The molecule has 0 unspecified atom stereocenters. The van der Waals surface area contributed by atoms with Crippen LogP contribution >= 0.6 is 0 Å². The van der Waals surface area contributed by atoms with Crippen LogP contribution < -0.4 is 28.1 Å². The molecule has 0 spiro atoms. The second kappa shape index (κ2) is 9.30. The van der Waals surface area contributed by atoms with Crippen LogP contribution in [-0.2, 0) is 0 Å². The molecule has 0 fully saturated rings. The highest BCUT2D eigenvalue weighted by atomic mass is 16.6. The van der Waals surface area contributed by atoms with Gasteiger partial charge in [0.15, 0.2) is 0 Å². The highest BCUT2D eigenvalue weighted by molar-refractivity contribution is 6.83. The number of hydrogen-bond acceptors (Lipinski definition) is 6. The fraction of sp³-hybridized carbons (Fsp3) is 0.0714. The minimum atomic E-state index is -0.719. The van der Waals surface area contributed by atoms with Gasteiger partial charge in [-0.3, -0.25) is 0 Å². The standard InChI is InChI=1S/C28H22B2O6/c1-31-21-15-11-19(12-16-21)27(29-33-23-7-3-4-8-24(23)34-29)28(20-13-17-22(32-2)18-14-20)30-35-25-9-5-6-10-26(25)36-30/h3-18H,1-2H3/b28-27-. The molecule has 0 aromatic heterocycles. The van der Waals surface area contributed by atoms with E-state index in [2.05, 4.69) is 0 Å². The van der Waals surface area contributed by atoms with Crippen molar-refractivity contribution in [3.8, 4) is 34.5 Å². The molecule has 0 bridgehead atoms. The molecule has 176 valence electrons. The van der Waals surface area contributed by atoms with Gasteiger partial charge < -0.3 is 28.1 Å². The first kappa shape index (κ1) is 22.0. The Morgan fingerprint density at radius 2 is 0.778 bits per heavy atom. The number of benzene rings is 4. The molecule has 2 aliphatic rings. The quantitative estimate of drug-likeness (QED) is 0.267. The van der Waals surface area contributed by atoms with Crippen molar-refractivity contribution in [2.45, 2.75) is 0 Å². The van der Waals surface area contributed by atoms with E-state index in [1.54, 1.807) is 14.2 Å². The van der Waals surface area contributed by atoms with E-state index in [4.69, 9.17) is 28.1 Å². The molecule has 6 nitrogen and oxygen atoms in total. The summed E-state index contributed by atoms with van der Waals surface area (Å²) < 4.78 is 36.1. The van der Waals surface area contributed by atoms with E-state index in [9.17, 15) is 0 Å². The Kier molecular flexibility index (Phi) is 5.70. The molecule has 0 amide bonds. The van der Waals surface area contributed by atoms with E-state index >= 15 is 0 Å². The number of rotatable bonds is 6. The first-order valence-electron chi connectivity index (χ1n) is 11.6. The van der Waals surface area contributed by atoms with Crippen LogP contribution in [0.4, 0.5) is 0 Å². The Hall–Kier alpha value is -4.45. The minimum absolute atomic E-state index is 0.680. The Labute approximate surface area is 210 Å². The van der Waals surface area contributed by atoms with Crippen LogP contribution in [0.1, 0.15) is 11.1 Å². The summed E-state index contributed by atoms with van der Waals surface area (Å²) in [6.45, 7) is 0. The number of fused-ring (bicyclic) bond motifs is 2. The molecule has 0 atom stereocenters. The molecule has 4 aromatic carbocycles. The zero-order chi connectivity index (χ0) is 24.5. The zero-order valence-corrected chi connectivity index (χ0v) is 19.8. The third-order valence-corrected chi connectivity index (χ3v) is 6.20. The molecule has 36 heavy (non-hydrogen) atoms. The van der Waals surface area contributed by atoms with Crippen molar-refractivity contribution in [3.63, 3.8) is 0 Å². The average molecular weight is 476 g/mol. The maximum Gasteiger partial charge on any atom is 0.633 e. The summed E-state index contributed by atoms with van der Waals surface area (Å²) in [7, 11) is 1.85. The van der Waals surface area contributed by atoms with Gasteiger partial charge in [-0.2, -0.15) is 0 Å². The maximum atomic E-state index is 6.32. The minimum Gasteiger partial charge on any atom is -0.519 e. The van der Waals surface area contributed by atoms with Gasteiger partial charge in [-0.15, -0.1) is 0 Å². The predicted octanol–water partition coefficient (Wildman–Crippen LogP) is 5.61. The lowest BCUT2D eigenvalue weighted by Gasteiger charge is -2.19. The Balaban J connectivity index is 1.54. The normalized spacial score (nSPS) is 13.9. The smallest absolute Gasteiger partial charge is 0.519 e. The van der Waals surface area contributed by atoms with Crippen LogP contribution in [0.3, 0.4) is 0 Å². The topological polar surface area (TPSA) is 55.4 Å². The molecule has 2 heterocycles. The molecule has 0 N–H and O–H groups in total. The number of methoxy groups -OCH3 is 2. The highest BCUT2D eigenvalue weighted by Crippen LogP contribution is 2.43. The monoisotopic (exact) mass is 476 g/mol. The van der Waals surface area contributed by atoms with Crippen molar-refractivity contribution in [1.82, 2.24) is 0 Å². The molecular weight excluding hydrogens is 454 g/mol. The van der Waals surface area contributed by atoms with Gasteiger partial charge in [0.1, 0.15) is 34.5 Å². The Morgan fingerprint density at radius 1 is 0.472 bits per heavy atom. The van der Waals surface area contributed by atoms with Crippen LogP contribution in [0.15, 0.2) is 97.1 Å². The van der Waals surface area contributed by atoms with Crippen LogP contribution in [0.25, 0.3) is 10.9 Å². The second-order valence-electron chi connectivity index (χ2n) is 8.31. The number of hydrogen-bond donors (Lipinski definition) is 0. The first-order chi connectivity index (χ1) is 17.7. The lowest BCUT2D eigenvalue weighted by molar-refractivity contribution is 0.414. The molecule has 8 heteroatoms. The summed E-state index contributed by atoms with van der Waals surface area (Å²) in [4.78, 5) is 0. The molecule has 2 aliphatic heterocycles. The summed E-state index contributed by atoms with van der Waals surface area (Å²) in [5.41, 5.74) is 3.36. The summed E-state index contributed by atoms with van der Waals surface area (Å²) in [5.74, 6) is 4.22. The molecule has 4 aromatic rings. The molecule has 0 aliphatic carbocycles. The number of para-hydroxylation sites is 4. The summed E-state index contributed by atoms with van der Waals surface area (Å²) in [6.07, 6.45) is 0. The predicted molar refractivity (Wildman–Crippen MR) is 140 cm³/mol. The molecule has 0 saturated heterocycles. The van der Waals surface area contributed by atoms with E-state index in [1.165, 1.54) is 0 Å². The van der Waals surface area contributed by atoms with E-state index in [0.29, 0.717) is 23.0 Å². The largest absolute Gasteiger partial charge is 0.633 e. The fourth-order valence-electron chi connectivity index (χ4n) is 4.41. The molecule has 0 radical (unpaired) electrons. The van der Waals surface area contributed by atoms with Crippen molar-refractivity contribution < 1.29 is 28.1 Å². The Morgan fingerprint density at radius 3 is 1.06 bits per heavy atom. The van der Waals surface area contributed by atoms with Crippen LogP contribution in [0.5, 0.6) is 34.5 Å². The zero-order valence-electron chi connectivity index (χ0n) is 19.8. The van der Waals surface area contributed by atoms with E-state index < -0.39 is 14.2 Å². The maximum absolute atomic E-state index is 6.32. The summed E-state index contributed by atoms with van der Waals surface area (Å²) in [5, 5.41) is 0. The van der Waals surface area contributed by atoms with Gasteiger partial charge in [-0.25, -0.2) is 0 Å². The number of ether oxygens (including phenoxy) is 2. The third kappa shape index (κ3) is 4.00. The van der Waals surface area contributed by atoms with Crippen LogP contribution in [-0.4, -0.2) is 28.5 Å². The van der Waals surface area contributed by atoms with Crippen LogP contribution in [0.2, 0.25) is 0 Å². The van der Waals surface area contributed by atoms with Crippen LogP contribution in [0, 0.1) is 0 Å². The Bertz CT molecular complexity index is 1260.